The highest BCUT2D eigenvalue weighted by molar-refractivity contribution is 5.97. The number of ether oxygens (including phenoxy) is 1. The summed E-state index contributed by atoms with van der Waals surface area (Å²) in [5.41, 5.74) is 0.231. The van der Waals surface area contributed by atoms with E-state index in [2.05, 4.69) is 5.32 Å². The second-order valence-corrected chi connectivity index (χ2v) is 5.58. The Hall–Kier alpha value is -2.60. The van der Waals surface area contributed by atoms with Crippen LogP contribution >= 0.6 is 0 Å². The fourth-order valence-electron chi connectivity index (χ4n) is 2.81. The maximum atomic E-state index is 12.4. The molecule has 1 atom stereocenters. The molecule has 0 radical (unpaired) electrons. The van der Waals surface area contributed by atoms with Crippen LogP contribution in [0.5, 0.6) is 0 Å². The van der Waals surface area contributed by atoms with E-state index in [1.807, 2.05) is 0 Å². The number of furan rings is 1. The van der Waals surface area contributed by atoms with Gasteiger partial charge in [-0.05, 0) is 25.0 Å². The third-order valence-electron chi connectivity index (χ3n) is 4.02. The first kappa shape index (κ1) is 14.0. The zero-order valence-corrected chi connectivity index (χ0v) is 12.3. The Morgan fingerprint density at radius 1 is 1.22 bits per heavy atom. The summed E-state index contributed by atoms with van der Waals surface area (Å²) in [5, 5.41) is 3.50. The van der Waals surface area contributed by atoms with Crippen molar-refractivity contribution < 1.29 is 18.4 Å². The Bertz CT molecular complexity index is 933. The third-order valence-corrected chi connectivity index (χ3v) is 4.02. The van der Waals surface area contributed by atoms with Gasteiger partial charge in [-0.3, -0.25) is 9.59 Å². The monoisotopic (exact) mass is 313 g/mol. The van der Waals surface area contributed by atoms with Crippen LogP contribution in [0.2, 0.25) is 0 Å². The Kier molecular flexibility index (Phi) is 3.38. The van der Waals surface area contributed by atoms with Gasteiger partial charge in [-0.15, -0.1) is 0 Å². The zero-order valence-electron chi connectivity index (χ0n) is 12.3. The summed E-state index contributed by atoms with van der Waals surface area (Å²) in [5.74, 6) is -0.250. The number of carbonyl (C=O) groups is 1. The highest BCUT2D eigenvalue weighted by Gasteiger charge is 2.20. The molecule has 2 aromatic heterocycles. The lowest BCUT2D eigenvalue weighted by Crippen LogP contribution is -2.31. The van der Waals surface area contributed by atoms with Crippen LogP contribution < -0.4 is 10.7 Å². The normalized spacial score (nSPS) is 17.8. The minimum Gasteiger partial charge on any atom is -0.425 e. The molecule has 3 aromatic rings. The molecule has 23 heavy (non-hydrogen) atoms. The molecule has 1 aromatic carbocycles. The minimum atomic E-state index is -0.379. The van der Waals surface area contributed by atoms with Crippen LogP contribution in [0.15, 0.2) is 44.0 Å². The van der Waals surface area contributed by atoms with Crippen molar-refractivity contribution in [3.8, 4) is 0 Å². The van der Waals surface area contributed by atoms with Gasteiger partial charge in [0.2, 0.25) is 5.43 Å². The molecule has 1 saturated heterocycles. The summed E-state index contributed by atoms with van der Waals surface area (Å²) in [7, 11) is 0. The second kappa shape index (κ2) is 5.55. The molecule has 1 aliphatic heterocycles. The lowest BCUT2D eigenvalue weighted by molar-refractivity contribution is 0.0835. The molecule has 0 bridgehead atoms. The van der Waals surface area contributed by atoms with Crippen LogP contribution in [0.3, 0.4) is 0 Å². The smallest absolute Gasteiger partial charge is 0.302 e. The van der Waals surface area contributed by atoms with Crippen LogP contribution in [0.4, 0.5) is 0 Å². The highest BCUT2D eigenvalue weighted by atomic mass is 16.5. The summed E-state index contributed by atoms with van der Waals surface area (Å²) in [6, 6.07) is 8.34. The van der Waals surface area contributed by atoms with Crippen LogP contribution in [-0.4, -0.2) is 25.2 Å². The summed E-state index contributed by atoms with van der Waals surface area (Å²) < 4.78 is 16.4. The van der Waals surface area contributed by atoms with Crippen molar-refractivity contribution in [1.29, 1.82) is 0 Å². The van der Waals surface area contributed by atoms with Crippen molar-refractivity contribution in [2.45, 2.75) is 18.9 Å². The van der Waals surface area contributed by atoms with Crippen LogP contribution in [0, 0.1) is 0 Å². The number of nitrogens with one attached hydrogen (secondary N) is 1. The number of carbonyl (C=O) groups excluding carboxylic acids is 1. The number of rotatable bonds is 3. The molecule has 0 saturated carbocycles. The van der Waals surface area contributed by atoms with E-state index in [0.29, 0.717) is 17.5 Å². The minimum absolute atomic E-state index is 0.0469. The molecule has 6 heteroatoms. The topological polar surface area (TPSA) is 81.7 Å². The van der Waals surface area contributed by atoms with Crippen molar-refractivity contribution in [2.24, 2.45) is 0 Å². The summed E-state index contributed by atoms with van der Waals surface area (Å²) in [4.78, 5) is 24.6. The van der Waals surface area contributed by atoms with E-state index < -0.39 is 0 Å². The molecule has 3 heterocycles. The van der Waals surface area contributed by atoms with Crippen LogP contribution in [-0.2, 0) is 4.74 Å². The average molecular weight is 313 g/mol. The fourth-order valence-corrected chi connectivity index (χ4v) is 2.81. The summed E-state index contributed by atoms with van der Waals surface area (Å²) in [6.07, 6.45) is 1.99. The quantitative estimate of drug-likeness (QED) is 0.803. The molecule has 1 N–H and O–H groups in total. The van der Waals surface area contributed by atoms with E-state index in [0.717, 1.165) is 19.4 Å². The molecule has 1 amide bonds. The molecule has 1 aliphatic rings. The van der Waals surface area contributed by atoms with Crippen LogP contribution in [0.25, 0.3) is 22.1 Å². The van der Waals surface area contributed by atoms with Gasteiger partial charge in [-0.1, -0.05) is 12.1 Å². The SMILES string of the molecule is O=C(NCC1CCCO1)c1cc2c(=O)c3ccccc3oc2o1. The Morgan fingerprint density at radius 3 is 2.91 bits per heavy atom. The Labute approximate surface area is 131 Å². The predicted octanol–water partition coefficient (Wildman–Crippen LogP) is 2.45. The number of hydrogen-bond donors (Lipinski definition) is 1. The first-order valence-corrected chi connectivity index (χ1v) is 7.57. The average Bonchev–Trinajstić information content (AvgIpc) is 3.22. The number of hydrogen-bond acceptors (Lipinski definition) is 5. The van der Waals surface area contributed by atoms with E-state index in [1.54, 1.807) is 24.3 Å². The number of para-hydroxylation sites is 1. The van der Waals surface area contributed by atoms with Gasteiger partial charge in [0.1, 0.15) is 11.0 Å². The van der Waals surface area contributed by atoms with E-state index in [9.17, 15) is 9.59 Å². The molecule has 0 aliphatic carbocycles. The second-order valence-electron chi connectivity index (χ2n) is 5.58. The molecule has 118 valence electrons. The number of fused-ring (bicyclic) bond motifs is 2. The van der Waals surface area contributed by atoms with Gasteiger partial charge in [-0.2, -0.15) is 0 Å². The fraction of sp³-hybridized carbons (Fsp3) is 0.294. The van der Waals surface area contributed by atoms with Crippen molar-refractivity contribution in [1.82, 2.24) is 5.32 Å². The van der Waals surface area contributed by atoms with Gasteiger partial charge >= 0.3 is 5.78 Å². The first-order valence-electron chi connectivity index (χ1n) is 7.57. The lowest BCUT2D eigenvalue weighted by atomic mass is 10.2. The lowest BCUT2D eigenvalue weighted by Gasteiger charge is -2.09. The highest BCUT2D eigenvalue weighted by Crippen LogP contribution is 2.21. The van der Waals surface area contributed by atoms with Gasteiger partial charge < -0.3 is 18.9 Å². The van der Waals surface area contributed by atoms with Gasteiger partial charge in [0.05, 0.1) is 11.5 Å². The van der Waals surface area contributed by atoms with Gasteiger partial charge in [0, 0.05) is 19.2 Å². The summed E-state index contributed by atoms with van der Waals surface area (Å²) in [6.45, 7) is 1.16. The molecule has 1 fully saturated rings. The molecule has 1 unspecified atom stereocenters. The predicted molar refractivity (Wildman–Crippen MR) is 83.6 cm³/mol. The maximum absolute atomic E-state index is 12.4. The van der Waals surface area contributed by atoms with E-state index in [4.69, 9.17) is 13.6 Å². The third kappa shape index (κ3) is 2.51. The van der Waals surface area contributed by atoms with Gasteiger partial charge in [0.25, 0.3) is 5.91 Å². The van der Waals surface area contributed by atoms with Crippen molar-refractivity contribution in [2.75, 3.05) is 13.2 Å². The number of amides is 1. The summed E-state index contributed by atoms with van der Waals surface area (Å²) >= 11 is 0. The maximum Gasteiger partial charge on any atom is 0.302 e. The first-order chi connectivity index (χ1) is 11.2. The van der Waals surface area contributed by atoms with Crippen molar-refractivity contribution >= 4 is 28.0 Å². The van der Waals surface area contributed by atoms with Crippen molar-refractivity contribution in [3.63, 3.8) is 0 Å². The van der Waals surface area contributed by atoms with Crippen LogP contribution in [0.1, 0.15) is 23.4 Å². The van der Waals surface area contributed by atoms with E-state index >= 15 is 0 Å². The molecule has 4 rings (SSSR count). The largest absolute Gasteiger partial charge is 0.425 e. The number of benzene rings is 1. The Morgan fingerprint density at radius 2 is 2.09 bits per heavy atom. The molecular formula is C17H15NO5. The molecular weight excluding hydrogens is 298 g/mol. The Balaban J connectivity index is 1.65. The van der Waals surface area contributed by atoms with E-state index in [-0.39, 0.29) is 34.4 Å². The molecule has 0 spiro atoms. The van der Waals surface area contributed by atoms with Gasteiger partial charge in [-0.25, -0.2) is 0 Å². The van der Waals surface area contributed by atoms with Crippen molar-refractivity contribution in [3.05, 3.63) is 46.3 Å². The van der Waals surface area contributed by atoms with E-state index in [1.165, 1.54) is 6.07 Å². The zero-order chi connectivity index (χ0) is 15.8. The van der Waals surface area contributed by atoms with Gasteiger partial charge in [0.15, 0.2) is 5.76 Å². The standard InChI is InChI=1S/C17H15NO5/c19-15-11-5-1-2-6-13(11)22-17-12(15)8-14(23-17)16(20)18-9-10-4-3-7-21-10/h1-2,5-6,8,10H,3-4,7,9H2,(H,18,20). The molecule has 6 nitrogen and oxygen atoms in total.